The molecule has 3 amide bonds. The third-order valence-corrected chi connectivity index (χ3v) is 6.41. The van der Waals surface area contributed by atoms with Gasteiger partial charge in [0.25, 0.3) is 11.8 Å². The Morgan fingerprint density at radius 3 is 2.32 bits per heavy atom. The Morgan fingerprint density at radius 2 is 1.76 bits per heavy atom. The number of ether oxygens (including phenoxy) is 2. The van der Waals surface area contributed by atoms with Crippen LogP contribution in [0.3, 0.4) is 0 Å². The van der Waals surface area contributed by atoms with E-state index in [1.807, 2.05) is 31.1 Å². The molecule has 0 radical (unpaired) electrons. The highest BCUT2D eigenvalue weighted by Gasteiger charge is 2.37. The summed E-state index contributed by atoms with van der Waals surface area (Å²) in [6, 6.07) is 12.9. The zero-order valence-electron chi connectivity index (χ0n) is 21.1. The van der Waals surface area contributed by atoms with Crippen molar-refractivity contribution < 1.29 is 23.9 Å². The lowest BCUT2D eigenvalue weighted by Crippen LogP contribution is -2.45. The molecule has 0 unspecified atom stereocenters. The van der Waals surface area contributed by atoms with Crippen LogP contribution in [0.4, 0.5) is 17.1 Å². The average molecular weight is 527 g/mol. The van der Waals surface area contributed by atoms with Crippen molar-refractivity contribution in [1.82, 2.24) is 9.69 Å². The zero-order valence-corrected chi connectivity index (χ0v) is 21.9. The zero-order chi connectivity index (χ0) is 27.1. The van der Waals surface area contributed by atoms with Crippen molar-refractivity contribution in [3.63, 3.8) is 0 Å². The number of para-hydroxylation sites is 2. The molecule has 37 heavy (non-hydrogen) atoms. The average Bonchev–Trinajstić information content (AvgIpc) is 3.28. The van der Waals surface area contributed by atoms with Gasteiger partial charge in [-0.3, -0.25) is 19.3 Å². The molecule has 0 saturated heterocycles. The van der Waals surface area contributed by atoms with E-state index in [9.17, 15) is 14.4 Å². The number of carbonyl (C=O) groups is 3. The topological polar surface area (TPSA) is 153 Å². The van der Waals surface area contributed by atoms with Gasteiger partial charge in [0.1, 0.15) is 16.7 Å². The fourth-order valence-corrected chi connectivity index (χ4v) is 4.42. The van der Waals surface area contributed by atoms with Crippen LogP contribution in [0.5, 0.6) is 5.75 Å². The Morgan fingerprint density at radius 1 is 1.08 bits per heavy atom. The number of amides is 3. The minimum absolute atomic E-state index is 0.0284. The second-order valence-electron chi connectivity index (χ2n) is 8.16. The van der Waals surface area contributed by atoms with Gasteiger partial charge in [0, 0.05) is 33.4 Å². The van der Waals surface area contributed by atoms with Gasteiger partial charge in [0.2, 0.25) is 5.91 Å². The van der Waals surface area contributed by atoms with Crippen LogP contribution in [0.1, 0.15) is 31.8 Å². The summed E-state index contributed by atoms with van der Waals surface area (Å²) in [7, 11) is 6.79. The third kappa shape index (κ3) is 5.98. The lowest BCUT2D eigenvalue weighted by Gasteiger charge is -2.32. The predicted molar refractivity (Wildman–Crippen MR) is 143 cm³/mol. The number of primary amides is 1. The van der Waals surface area contributed by atoms with Gasteiger partial charge < -0.3 is 31.2 Å². The summed E-state index contributed by atoms with van der Waals surface area (Å²) in [6.07, 6.45) is 0. The number of nitrogens with zero attached hydrogens (tertiary/aromatic N) is 3. The predicted octanol–water partition coefficient (Wildman–Crippen LogP) is 2.05. The standard InChI is InChI=1S/C25H30N6O5S/c1-30(2)16-11-9-15(10-12-16)21(24(33)28-13-14-35-3)31(17-7-5-6-8-18(17)36-4)25(34)22-19(26)20(23(27)32)29-37-22/h5-12,21H,13-14,26H2,1-4H3,(H2,27,32)(H,28,33)/t21-/m1/s1. The minimum Gasteiger partial charge on any atom is -0.495 e. The van der Waals surface area contributed by atoms with Crippen LogP contribution in [0.25, 0.3) is 0 Å². The Balaban J connectivity index is 2.22. The van der Waals surface area contributed by atoms with Gasteiger partial charge in [0.05, 0.1) is 25.1 Å². The Bertz CT molecular complexity index is 1260. The van der Waals surface area contributed by atoms with Crippen molar-refractivity contribution >= 4 is 46.3 Å². The Hall–Kier alpha value is -4.16. The molecular formula is C25H30N6O5S. The first-order valence-corrected chi connectivity index (χ1v) is 12.0. The number of benzene rings is 2. The molecule has 0 bridgehead atoms. The molecule has 0 aliphatic rings. The number of anilines is 3. The molecule has 0 spiro atoms. The largest absolute Gasteiger partial charge is 0.495 e. The van der Waals surface area contributed by atoms with E-state index in [-0.39, 0.29) is 29.4 Å². The molecule has 5 N–H and O–H groups in total. The highest BCUT2D eigenvalue weighted by atomic mass is 32.1. The van der Waals surface area contributed by atoms with E-state index in [0.29, 0.717) is 17.0 Å². The molecule has 0 aliphatic heterocycles. The molecule has 0 fully saturated rings. The van der Waals surface area contributed by atoms with E-state index in [1.165, 1.54) is 19.1 Å². The van der Waals surface area contributed by atoms with Crippen molar-refractivity contribution in [3.05, 3.63) is 64.7 Å². The maximum Gasteiger partial charge on any atom is 0.273 e. The number of rotatable bonds is 11. The molecule has 11 nitrogen and oxygen atoms in total. The molecule has 0 saturated carbocycles. The van der Waals surface area contributed by atoms with Crippen molar-refractivity contribution in [2.75, 3.05) is 57.0 Å². The number of nitrogens with two attached hydrogens (primary N) is 2. The van der Waals surface area contributed by atoms with Gasteiger partial charge in [-0.1, -0.05) is 24.3 Å². The molecule has 12 heteroatoms. The lowest BCUT2D eigenvalue weighted by molar-refractivity contribution is -0.122. The van der Waals surface area contributed by atoms with Crippen LogP contribution in [-0.2, 0) is 9.53 Å². The van der Waals surface area contributed by atoms with Crippen LogP contribution in [0, 0.1) is 0 Å². The molecule has 2 aromatic carbocycles. The maximum absolute atomic E-state index is 14.1. The van der Waals surface area contributed by atoms with E-state index in [0.717, 1.165) is 17.2 Å². The molecular weight excluding hydrogens is 496 g/mol. The lowest BCUT2D eigenvalue weighted by atomic mass is 10.0. The van der Waals surface area contributed by atoms with Crippen LogP contribution < -0.4 is 31.3 Å². The molecule has 3 aromatic rings. The number of hydrogen-bond acceptors (Lipinski definition) is 9. The number of aromatic nitrogens is 1. The molecule has 1 heterocycles. The summed E-state index contributed by atoms with van der Waals surface area (Å²) in [5, 5.41) is 2.82. The highest BCUT2D eigenvalue weighted by Crippen LogP contribution is 2.38. The summed E-state index contributed by atoms with van der Waals surface area (Å²) >= 11 is 0.735. The Kier molecular flexibility index (Phi) is 9.04. The molecule has 1 atom stereocenters. The molecule has 1 aromatic heterocycles. The monoisotopic (exact) mass is 526 g/mol. The second kappa shape index (κ2) is 12.2. The van der Waals surface area contributed by atoms with Gasteiger partial charge in [-0.2, -0.15) is 4.37 Å². The fourth-order valence-electron chi connectivity index (χ4n) is 3.68. The quantitative estimate of drug-likeness (QED) is 0.321. The van der Waals surface area contributed by atoms with Gasteiger partial charge in [-0.05, 0) is 41.4 Å². The number of hydrogen-bond donors (Lipinski definition) is 3. The maximum atomic E-state index is 14.1. The Labute approximate surface area is 219 Å². The summed E-state index contributed by atoms with van der Waals surface area (Å²) in [4.78, 5) is 42.7. The molecule has 196 valence electrons. The van der Waals surface area contributed by atoms with Crippen LogP contribution in [0.15, 0.2) is 48.5 Å². The normalized spacial score (nSPS) is 11.5. The third-order valence-electron chi connectivity index (χ3n) is 5.56. The van der Waals surface area contributed by atoms with Crippen LogP contribution >= 0.6 is 11.5 Å². The van der Waals surface area contributed by atoms with Gasteiger partial charge in [-0.25, -0.2) is 0 Å². The highest BCUT2D eigenvalue weighted by molar-refractivity contribution is 7.09. The summed E-state index contributed by atoms with van der Waals surface area (Å²) in [5.41, 5.74) is 12.9. The summed E-state index contributed by atoms with van der Waals surface area (Å²) in [5.74, 6) is -1.60. The number of carbonyl (C=O) groups excluding carboxylic acids is 3. The first-order chi connectivity index (χ1) is 17.7. The van der Waals surface area contributed by atoms with E-state index in [4.69, 9.17) is 20.9 Å². The van der Waals surface area contributed by atoms with E-state index in [1.54, 1.807) is 36.4 Å². The van der Waals surface area contributed by atoms with Crippen LogP contribution in [0.2, 0.25) is 0 Å². The molecule has 0 aliphatic carbocycles. The first-order valence-electron chi connectivity index (χ1n) is 11.3. The van der Waals surface area contributed by atoms with Crippen molar-refractivity contribution in [1.29, 1.82) is 0 Å². The molecule has 3 rings (SSSR count). The van der Waals surface area contributed by atoms with E-state index in [2.05, 4.69) is 9.69 Å². The van der Waals surface area contributed by atoms with Crippen molar-refractivity contribution in [2.24, 2.45) is 5.73 Å². The first kappa shape index (κ1) is 27.4. The number of nitrogens with one attached hydrogen (secondary N) is 1. The minimum atomic E-state index is -1.13. The fraction of sp³-hybridized carbons (Fsp3) is 0.280. The number of nitrogen functional groups attached to an aromatic ring is 1. The van der Waals surface area contributed by atoms with Crippen LogP contribution in [-0.4, -0.2) is 63.6 Å². The van der Waals surface area contributed by atoms with E-state index >= 15 is 0 Å². The van der Waals surface area contributed by atoms with Gasteiger partial charge in [0.15, 0.2) is 5.69 Å². The number of methoxy groups -OCH3 is 2. The van der Waals surface area contributed by atoms with E-state index < -0.39 is 23.8 Å². The van der Waals surface area contributed by atoms with Gasteiger partial charge >= 0.3 is 0 Å². The van der Waals surface area contributed by atoms with Gasteiger partial charge in [-0.15, -0.1) is 0 Å². The summed E-state index contributed by atoms with van der Waals surface area (Å²) in [6.45, 7) is 0.508. The summed E-state index contributed by atoms with van der Waals surface area (Å²) < 4.78 is 14.6. The second-order valence-corrected chi connectivity index (χ2v) is 8.93. The SMILES string of the molecule is COCCNC(=O)[C@@H](c1ccc(N(C)C)cc1)N(C(=O)c1snc(C(N)=O)c1N)c1ccccc1OC. The smallest absolute Gasteiger partial charge is 0.273 e. The van der Waals surface area contributed by atoms with Crippen molar-refractivity contribution in [3.8, 4) is 5.75 Å². The van der Waals surface area contributed by atoms with Crippen molar-refractivity contribution in [2.45, 2.75) is 6.04 Å².